The Morgan fingerprint density at radius 1 is 1.38 bits per heavy atom. The van der Waals surface area contributed by atoms with Gasteiger partial charge in [0.2, 0.25) is 5.88 Å². The summed E-state index contributed by atoms with van der Waals surface area (Å²) in [6.07, 6.45) is 1.80. The molecular weight excluding hydrogens is 230 g/mol. The molecule has 2 rings (SSSR count). The quantitative estimate of drug-likeness (QED) is 0.761. The second-order valence-corrected chi connectivity index (χ2v) is 3.54. The molecule has 1 heterocycles. The number of pyridine rings is 1. The van der Waals surface area contributed by atoms with Gasteiger partial charge in [0.15, 0.2) is 0 Å². The predicted molar refractivity (Wildman–Crippen MR) is 56.0 cm³/mol. The van der Waals surface area contributed by atoms with Gasteiger partial charge in [0.25, 0.3) is 0 Å². The molecule has 2 nitrogen and oxygen atoms in total. The van der Waals surface area contributed by atoms with Crippen LogP contribution in [-0.2, 0) is 0 Å². The lowest BCUT2D eigenvalue weighted by molar-refractivity contribution is 0.399. The van der Waals surface area contributed by atoms with Gasteiger partial charge in [-0.25, -0.2) is 4.98 Å². The van der Waals surface area contributed by atoms with Crippen LogP contribution in [0.3, 0.4) is 0 Å². The Bertz CT molecular complexity index is 442. The zero-order valence-corrected chi connectivity index (χ0v) is 8.71. The molecule has 0 aliphatic rings. The molecule has 0 fully saturated rings. The van der Waals surface area contributed by atoms with Crippen LogP contribution < -0.4 is 4.74 Å². The average Bonchev–Trinajstić information content (AvgIpc) is 2.18. The number of halogens is 1. The summed E-state index contributed by atoms with van der Waals surface area (Å²) < 4.78 is 6.09. The molecule has 1 aromatic carbocycles. The number of ether oxygens (including phenoxy) is 1. The summed E-state index contributed by atoms with van der Waals surface area (Å²) >= 11 is 3.46. The summed E-state index contributed by atoms with van der Waals surface area (Å²) in [5.74, 6) is 0.644. The average molecular weight is 238 g/mol. The van der Waals surface area contributed by atoms with Crippen molar-refractivity contribution in [2.24, 2.45) is 0 Å². The highest BCUT2D eigenvalue weighted by atomic mass is 79.9. The van der Waals surface area contributed by atoms with E-state index >= 15 is 0 Å². The summed E-state index contributed by atoms with van der Waals surface area (Å²) in [6, 6.07) is 7.94. The van der Waals surface area contributed by atoms with E-state index in [1.165, 1.54) is 0 Å². The van der Waals surface area contributed by atoms with Gasteiger partial charge in [0, 0.05) is 22.1 Å². The number of benzene rings is 1. The number of fused-ring (bicyclic) bond motifs is 1. The van der Waals surface area contributed by atoms with Crippen LogP contribution in [0, 0.1) is 0 Å². The zero-order valence-electron chi connectivity index (χ0n) is 7.12. The third-order valence-corrected chi connectivity index (χ3v) is 2.59. The first kappa shape index (κ1) is 8.51. The van der Waals surface area contributed by atoms with Gasteiger partial charge in [-0.3, -0.25) is 0 Å². The van der Waals surface area contributed by atoms with Crippen LogP contribution in [0.25, 0.3) is 10.8 Å². The molecule has 2 aromatic rings. The molecule has 0 atom stereocenters. The number of methoxy groups -OCH3 is 1. The molecule has 0 saturated carbocycles. The lowest BCUT2D eigenvalue weighted by Crippen LogP contribution is -1.86. The van der Waals surface area contributed by atoms with Crippen LogP contribution in [0.4, 0.5) is 0 Å². The summed E-state index contributed by atoms with van der Waals surface area (Å²) in [4.78, 5) is 4.13. The second-order valence-electron chi connectivity index (χ2n) is 2.69. The second kappa shape index (κ2) is 3.34. The van der Waals surface area contributed by atoms with Crippen LogP contribution in [0.5, 0.6) is 5.88 Å². The maximum Gasteiger partial charge on any atom is 0.213 e. The van der Waals surface area contributed by atoms with Crippen molar-refractivity contribution in [3.63, 3.8) is 0 Å². The summed E-state index contributed by atoms with van der Waals surface area (Å²) in [5.41, 5.74) is 0. The van der Waals surface area contributed by atoms with E-state index in [2.05, 4.69) is 20.9 Å². The van der Waals surface area contributed by atoms with Crippen molar-refractivity contribution in [1.29, 1.82) is 0 Å². The van der Waals surface area contributed by atoms with E-state index in [1.54, 1.807) is 13.3 Å². The van der Waals surface area contributed by atoms with Crippen LogP contribution in [0.2, 0.25) is 0 Å². The topological polar surface area (TPSA) is 22.1 Å². The Balaban J connectivity index is 2.72. The highest BCUT2D eigenvalue weighted by molar-refractivity contribution is 9.10. The maximum absolute atomic E-state index is 5.04. The Morgan fingerprint density at radius 2 is 2.23 bits per heavy atom. The minimum atomic E-state index is 0.644. The first-order chi connectivity index (χ1) is 6.31. The first-order valence-corrected chi connectivity index (χ1v) is 4.69. The molecule has 0 amide bonds. The molecule has 0 aliphatic carbocycles. The molecule has 0 aliphatic heterocycles. The molecular formula is C10H8BrNO. The van der Waals surface area contributed by atoms with E-state index < -0.39 is 0 Å². The molecule has 0 saturated heterocycles. The van der Waals surface area contributed by atoms with Crippen molar-refractivity contribution < 1.29 is 4.74 Å². The van der Waals surface area contributed by atoms with Crippen molar-refractivity contribution in [2.45, 2.75) is 0 Å². The Hall–Kier alpha value is -1.09. The van der Waals surface area contributed by atoms with Crippen LogP contribution in [-0.4, -0.2) is 12.1 Å². The van der Waals surface area contributed by atoms with E-state index in [9.17, 15) is 0 Å². The molecule has 3 heteroatoms. The predicted octanol–water partition coefficient (Wildman–Crippen LogP) is 3.01. The monoisotopic (exact) mass is 237 g/mol. The lowest BCUT2D eigenvalue weighted by atomic mass is 10.2. The van der Waals surface area contributed by atoms with E-state index in [0.717, 1.165) is 15.2 Å². The summed E-state index contributed by atoms with van der Waals surface area (Å²) in [5, 5.41) is 2.23. The maximum atomic E-state index is 5.04. The molecule has 1 aromatic heterocycles. The van der Waals surface area contributed by atoms with Crippen molar-refractivity contribution in [3.8, 4) is 5.88 Å². The fourth-order valence-corrected chi connectivity index (χ4v) is 1.71. The fourth-order valence-electron chi connectivity index (χ4n) is 1.23. The van der Waals surface area contributed by atoms with Gasteiger partial charge < -0.3 is 4.74 Å². The lowest BCUT2D eigenvalue weighted by Gasteiger charge is -2.02. The SMILES string of the molecule is COc1cc2cccc(Br)c2cn1. The van der Waals surface area contributed by atoms with Gasteiger partial charge in [0.05, 0.1) is 7.11 Å². The van der Waals surface area contributed by atoms with Gasteiger partial charge >= 0.3 is 0 Å². The van der Waals surface area contributed by atoms with E-state index in [0.29, 0.717) is 5.88 Å². The fraction of sp³-hybridized carbons (Fsp3) is 0.100. The number of aromatic nitrogens is 1. The molecule has 0 N–H and O–H groups in total. The van der Waals surface area contributed by atoms with Crippen LogP contribution in [0.15, 0.2) is 34.9 Å². The molecule has 0 radical (unpaired) electrons. The van der Waals surface area contributed by atoms with Crippen LogP contribution in [0.1, 0.15) is 0 Å². The number of rotatable bonds is 1. The smallest absolute Gasteiger partial charge is 0.213 e. The minimum absolute atomic E-state index is 0.644. The van der Waals surface area contributed by atoms with Gasteiger partial charge in [-0.2, -0.15) is 0 Å². The van der Waals surface area contributed by atoms with E-state index in [1.807, 2.05) is 24.3 Å². The van der Waals surface area contributed by atoms with Gasteiger partial charge in [-0.05, 0) is 11.5 Å². The number of hydrogen-bond donors (Lipinski definition) is 0. The summed E-state index contributed by atoms with van der Waals surface area (Å²) in [7, 11) is 1.62. The Morgan fingerprint density at radius 3 is 3.00 bits per heavy atom. The number of nitrogens with zero attached hydrogens (tertiary/aromatic N) is 1. The molecule has 0 unspecified atom stereocenters. The molecule has 0 spiro atoms. The van der Waals surface area contributed by atoms with Gasteiger partial charge in [0.1, 0.15) is 0 Å². The largest absolute Gasteiger partial charge is 0.481 e. The first-order valence-electron chi connectivity index (χ1n) is 3.89. The van der Waals surface area contributed by atoms with Crippen molar-refractivity contribution >= 4 is 26.7 Å². The Labute approximate surface area is 84.7 Å². The van der Waals surface area contributed by atoms with Gasteiger partial charge in [-0.1, -0.05) is 28.1 Å². The van der Waals surface area contributed by atoms with Crippen LogP contribution >= 0.6 is 15.9 Å². The van der Waals surface area contributed by atoms with Crippen molar-refractivity contribution in [1.82, 2.24) is 4.98 Å². The molecule has 0 bridgehead atoms. The van der Waals surface area contributed by atoms with Crippen molar-refractivity contribution in [2.75, 3.05) is 7.11 Å². The molecule has 13 heavy (non-hydrogen) atoms. The van der Waals surface area contributed by atoms with Gasteiger partial charge in [-0.15, -0.1) is 0 Å². The highest BCUT2D eigenvalue weighted by Crippen LogP contribution is 2.24. The highest BCUT2D eigenvalue weighted by Gasteiger charge is 1.99. The normalized spacial score (nSPS) is 10.3. The third-order valence-electron chi connectivity index (χ3n) is 1.90. The van der Waals surface area contributed by atoms with E-state index in [-0.39, 0.29) is 0 Å². The van der Waals surface area contributed by atoms with E-state index in [4.69, 9.17) is 4.74 Å². The standard InChI is InChI=1S/C10H8BrNO/c1-13-10-5-7-3-2-4-9(11)8(7)6-12-10/h2-6H,1H3. The summed E-state index contributed by atoms with van der Waals surface area (Å²) in [6.45, 7) is 0. The minimum Gasteiger partial charge on any atom is -0.481 e. The van der Waals surface area contributed by atoms with Crippen molar-refractivity contribution in [3.05, 3.63) is 34.9 Å². The zero-order chi connectivity index (χ0) is 9.26. The number of hydrogen-bond acceptors (Lipinski definition) is 2. The molecule has 66 valence electrons. The Kier molecular flexibility index (Phi) is 2.19. The third kappa shape index (κ3) is 1.52.